The van der Waals surface area contributed by atoms with Gasteiger partial charge >= 0.3 is 0 Å². The van der Waals surface area contributed by atoms with Crippen LogP contribution in [0.5, 0.6) is 0 Å². The third-order valence-corrected chi connectivity index (χ3v) is 19.7. The van der Waals surface area contributed by atoms with Crippen LogP contribution in [0, 0.1) is 0 Å². The number of aromatic nitrogens is 1. The van der Waals surface area contributed by atoms with Crippen molar-refractivity contribution in [1.82, 2.24) is 4.57 Å². The zero-order valence-corrected chi connectivity index (χ0v) is 54.8. The fraction of sp³-hybridized carbons (Fsp3) is 0.133. The predicted molar refractivity (Wildman–Crippen MR) is 405 cm³/mol. The molecule has 0 amide bonds. The monoisotopic (exact) mass is 1230 g/mol. The molecule has 95 heavy (non-hydrogen) atoms. The number of hydrogen-bond acceptors (Lipinski definition) is 3. The van der Waals surface area contributed by atoms with Crippen molar-refractivity contribution in [2.75, 3.05) is 9.80 Å². The number of fused-ring (bicyclic) bond motifs is 10. The Balaban J connectivity index is 1.08. The fourth-order valence-electron chi connectivity index (χ4n) is 14.8. The van der Waals surface area contributed by atoms with Crippen LogP contribution in [0.1, 0.15) is 90.0 Å². The Morgan fingerprint density at radius 3 is 1.19 bits per heavy atom. The lowest BCUT2D eigenvalue weighted by atomic mass is 9.33. The van der Waals surface area contributed by atoms with E-state index in [1.54, 1.807) is 4.57 Å². The number of furan rings is 1. The first kappa shape index (κ1) is 49.7. The summed E-state index contributed by atoms with van der Waals surface area (Å²) < 4.78 is 83.3. The van der Waals surface area contributed by atoms with Crippen LogP contribution in [0.4, 0.5) is 34.1 Å². The number of hydrogen-bond donors (Lipinski definition) is 0. The Kier molecular flexibility index (Phi) is 11.4. The molecule has 2 aliphatic heterocycles. The van der Waals surface area contributed by atoms with E-state index in [1.807, 2.05) is 18.2 Å². The zero-order valence-electron chi connectivity index (χ0n) is 62.8. The van der Waals surface area contributed by atoms with Gasteiger partial charge < -0.3 is 18.8 Å². The Bertz CT molecular complexity index is 5850. The molecule has 0 fully saturated rings. The van der Waals surface area contributed by atoms with E-state index in [0.29, 0.717) is 5.69 Å². The summed E-state index contributed by atoms with van der Waals surface area (Å²) in [6, 6.07) is 81.7. The summed E-state index contributed by atoms with van der Waals surface area (Å²) in [5.41, 5.74) is 23.4. The highest BCUT2D eigenvalue weighted by Crippen LogP contribution is 2.56. The maximum atomic E-state index is 9.80. The van der Waals surface area contributed by atoms with Crippen molar-refractivity contribution < 1.29 is 15.4 Å². The van der Waals surface area contributed by atoms with Crippen molar-refractivity contribution in [3.63, 3.8) is 0 Å². The molecule has 15 aromatic rings. The third-order valence-electron chi connectivity index (χ3n) is 19.7. The van der Waals surface area contributed by atoms with Crippen LogP contribution in [-0.2, 0) is 16.2 Å². The fourth-order valence-corrected chi connectivity index (χ4v) is 14.8. The second-order valence-corrected chi connectivity index (χ2v) is 28.7. The van der Waals surface area contributed by atoms with Crippen LogP contribution >= 0.6 is 0 Å². The SMILES string of the molecule is [2H]c1c([2H])c([2H])c2c(c1[2H])c1c([2H])c([2H])c([2H])c([2H])c1n2-c1ccc2c(c1)N(c1c(-c3ccccc3)cc(C(C)(C)C)cc1-c1ccccc1)c1cc(C(C)(C)C)cc3c1B2c1ccc(-c2ccc4oc5ccccc5c4c2)cc1N3c1c(-c2ccccc2)cc(C(C)(C)C)cc1-c1ccccc1. The van der Waals surface area contributed by atoms with Gasteiger partial charge in [0.15, 0.2) is 0 Å². The van der Waals surface area contributed by atoms with Gasteiger partial charge in [-0.05, 0) is 168 Å². The summed E-state index contributed by atoms with van der Waals surface area (Å²) in [7, 11) is 0. The second-order valence-electron chi connectivity index (χ2n) is 28.7. The van der Waals surface area contributed by atoms with Crippen molar-refractivity contribution in [1.29, 1.82) is 0 Å². The Labute approximate surface area is 569 Å². The number of rotatable bonds is 8. The lowest BCUT2D eigenvalue weighted by Gasteiger charge is -2.47. The van der Waals surface area contributed by atoms with Gasteiger partial charge in [0.2, 0.25) is 0 Å². The zero-order chi connectivity index (χ0) is 71.6. The third kappa shape index (κ3) is 9.57. The minimum atomic E-state index is -0.496. The van der Waals surface area contributed by atoms with Crippen LogP contribution in [0.2, 0.25) is 0 Å². The van der Waals surface area contributed by atoms with Gasteiger partial charge in [-0.1, -0.05) is 262 Å². The molecule has 5 heteroatoms. The predicted octanol–water partition coefficient (Wildman–Crippen LogP) is 23.0. The van der Waals surface area contributed by atoms with E-state index in [9.17, 15) is 8.22 Å². The molecule has 0 unspecified atom stereocenters. The molecule has 0 saturated carbocycles. The molecule has 0 spiro atoms. The molecule has 0 bridgehead atoms. The van der Waals surface area contributed by atoms with E-state index in [2.05, 4.69) is 291 Å². The highest BCUT2D eigenvalue weighted by molar-refractivity contribution is 7.00. The van der Waals surface area contributed by atoms with Crippen molar-refractivity contribution in [2.24, 2.45) is 0 Å². The van der Waals surface area contributed by atoms with Crippen molar-refractivity contribution in [3.8, 4) is 61.3 Å². The first-order valence-corrected chi connectivity index (χ1v) is 32.9. The van der Waals surface area contributed by atoms with E-state index in [0.717, 1.165) is 139 Å². The summed E-state index contributed by atoms with van der Waals surface area (Å²) in [4.78, 5) is 5.04. The maximum Gasteiger partial charge on any atom is 0.252 e. The summed E-state index contributed by atoms with van der Waals surface area (Å²) >= 11 is 0. The number of nitrogens with zero attached hydrogens (tertiary/aromatic N) is 3. The van der Waals surface area contributed by atoms with Gasteiger partial charge in [-0.15, -0.1) is 0 Å². The van der Waals surface area contributed by atoms with E-state index in [4.69, 9.17) is 7.16 Å². The molecule has 0 saturated heterocycles. The van der Waals surface area contributed by atoms with Crippen LogP contribution in [0.3, 0.4) is 0 Å². The van der Waals surface area contributed by atoms with Gasteiger partial charge in [0.1, 0.15) is 11.2 Å². The molecule has 2 aliphatic rings. The van der Waals surface area contributed by atoms with E-state index in [-0.39, 0.29) is 56.8 Å². The number of para-hydroxylation sites is 3. The average molecular weight is 1230 g/mol. The topological polar surface area (TPSA) is 24.6 Å². The molecule has 4 nitrogen and oxygen atoms in total. The molecule has 0 atom stereocenters. The summed E-state index contributed by atoms with van der Waals surface area (Å²) in [6.07, 6.45) is 0. The van der Waals surface area contributed by atoms with Crippen LogP contribution in [-0.4, -0.2) is 11.3 Å². The highest BCUT2D eigenvalue weighted by Gasteiger charge is 2.46. The lowest BCUT2D eigenvalue weighted by molar-refractivity contribution is 0.590. The van der Waals surface area contributed by atoms with Gasteiger partial charge in [-0.25, -0.2) is 0 Å². The quantitative estimate of drug-likeness (QED) is 0.142. The molecular weight excluding hydrogens is 1150 g/mol. The maximum absolute atomic E-state index is 9.80. The van der Waals surface area contributed by atoms with Crippen LogP contribution < -0.4 is 26.2 Å². The average Bonchev–Trinajstić information content (AvgIpc) is 0.877. The Morgan fingerprint density at radius 1 is 0.326 bits per heavy atom. The Morgan fingerprint density at radius 2 is 0.716 bits per heavy atom. The van der Waals surface area contributed by atoms with E-state index < -0.39 is 36.3 Å². The summed E-state index contributed by atoms with van der Waals surface area (Å²) in [6.45, 7) is 20.0. The minimum Gasteiger partial charge on any atom is -0.456 e. The van der Waals surface area contributed by atoms with E-state index in [1.165, 1.54) is 5.56 Å². The van der Waals surface area contributed by atoms with Gasteiger partial charge in [-0.3, -0.25) is 0 Å². The van der Waals surface area contributed by atoms with Gasteiger partial charge in [0, 0.05) is 72.2 Å². The molecule has 2 aromatic heterocycles. The van der Waals surface area contributed by atoms with Gasteiger partial charge in [0.25, 0.3) is 6.71 Å². The Hall–Kier alpha value is -10.9. The number of anilines is 6. The molecule has 4 heterocycles. The lowest BCUT2D eigenvalue weighted by Crippen LogP contribution is -2.61. The smallest absolute Gasteiger partial charge is 0.252 e. The molecular formula is C90H74BN3O. The molecule has 0 radical (unpaired) electrons. The molecule has 17 rings (SSSR count). The molecule has 0 N–H and O–H groups in total. The number of benzene rings is 13. The van der Waals surface area contributed by atoms with Crippen LogP contribution in [0.15, 0.2) is 289 Å². The molecule has 13 aromatic carbocycles. The van der Waals surface area contributed by atoms with Crippen molar-refractivity contribution in [3.05, 3.63) is 302 Å². The normalized spacial score (nSPS) is 14.2. The van der Waals surface area contributed by atoms with Crippen LogP contribution in [0.25, 0.3) is 105 Å². The van der Waals surface area contributed by atoms with Gasteiger partial charge in [-0.2, -0.15) is 0 Å². The molecule has 458 valence electrons. The van der Waals surface area contributed by atoms with E-state index >= 15 is 0 Å². The minimum absolute atomic E-state index is 0.0142. The first-order valence-electron chi connectivity index (χ1n) is 36.9. The second kappa shape index (κ2) is 21.9. The van der Waals surface area contributed by atoms with Gasteiger partial charge in [0.05, 0.1) is 33.4 Å². The molecule has 0 aliphatic carbocycles. The standard InChI is InChI=1S/C90H74BN3O/c1-88(2,3)63-50-70(57-28-14-10-15-29-57)86(71(51-63)58-30-16-11-17-31-58)93-79-49-62(61-43-47-84-74(48-61)69-38-24-27-41-83(69)95-84)42-45-75(79)91-76-46-44-66(92-77-39-25-22-36-67(77)68-37-23-26-40-78(68)92)56-80(76)94(82-55-65(90(7,8)9)54-81(93)85(82)91)87-72(59-32-18-12-19-33-59)52-64(89(4,5)6)53-73(87)60-34-20-13-21-35-60/h10-56H,1-9H3/i22D,23D,25D,26D,36D,37D,39D,40D. The largest absolute Gasteiger partial charge is 0.456 e. The summed E-state index contributed by atoms with van der Waals surface area (Å²) in [5, 5.41) is 2.09. The first-order chi connectivity index (χ1) is 49.3. The highest BCUT2D eigenvalue weighted by atomic mass is 16.3. The van der Waals surface area contributed by atoms with Crippen molar-refractivity contribution in [2.45, 2.75) is 78.6 Å². The van der Waals surface area contributed by atoms with Crippen molar-refractivity contribution >= 4 is 101 Å². The summed E-state index contributed by atoms with van der Waals surface area (Å²) in [5.74, 6) is 0.